The summed E-state index contributed by atoms with van der Waals surface area (Å²) in [7, 11) is 1.56. The molecule has 0 atom stereocenters. The van der Waals surface area contributed by atoms with Gasteiger partial charge in [-0.1, -0.05) is 29.8 Å². The molecule has 2 N–H and O–H groups in total. The van der Waals surface area contributed by atoms with E-state index in [0.29, 0.717) is 23.1 Å². The molecule has 2 aromatic carbocycles. The fourth-order valence-electron chi connectivity index (χ4n) is 1.83. The summed E-state index contributed by atoms with van der Waals surface area (Å²) < 4.78 is 11.1. The van der Waals surface area contributed by atoms with Crippen molar-refractivity contribution >= 4 is 23.6 Å². The fourth-order valence-corrected chi connectivity index (χ4v) is 1.95. The molecule has 0 aliphatic rings. The number of hydrogen-bond donors (Lipinski definition) is 1. The number of rotatable bonds is 6. The van der Waals surface area contributed by atoms with Crippen molar-refractivity contribution < 1.29 is 14.3 Å². The van der Waals surface area contributed by atoms with Crippen molar-refractivity contribution in [2.24, 2.45) is 5.73 Å². The van der Waals surface area contributed by atoms with Crippen LogP contribution in [0, 0.1) is 0 Å². The lowest BCUT2D eigenvalue weighted by atomic mass is 10.2. The molecule has 0 radical (unpaired) electrons. The van der Waals surface area contributed by atoms with Crippen LogP contribution >= 0.6 is 11.6 Å². The van der Waals surface area contributed by atoms with Gasteiger partial charge >= 0.3 is 0 Å². The maximum absolute atomic E-state index is 10.7. The van der Waals surface area contributed by atoms with Crippen molar-refractivity contribution in [3.05, 3.63) is 64.7 Å². The second-order valence-corrected chi connectivity index (χ2v) is 5.00. The highest BCUT2D eigenvalue weighted by Gasteiger charge is 2.05. The van der Waals surface area contributed by atoms with E-state index >= 15 is 0 Å². The lowest BCUT2D eigenvalue weighted by Crippen LogP contribution is -2.05. The van der Waals surface area contributed by atoms with Gasteiger partial charge in [-0.15, -0.1) is 0 Å². The molecule has 0 aliphatic carbocycles. The average molecular weight is 318 g/mol. The second kappa shape index (κ2) is 7.52. The standard InChI is InChI=1S/C17H16ClNO3/c1-21-16-10-12(5-9-17(19)20)4-8-15(16)22-11-13-2-6-14(18)7-3-13/h2-10H,11H2,1H3,(H2,19,20)/b9-5+. The van der Waals surface area contributed by atoms with Gasteiger partial charge < -0.3 is 15.2 Å². The Labute approximate surface area is 134 Å². The van der Waals surface area contributed by atoms with Gasteiger partial charge in [0.25, 0.3) is 0 Å². The molecule has 2 aromatic rings. The first-order chi connectivity index (χ1) is 10.6. The molecule has 0 saturated heterocycles. The molecular formula is C17H16ClNO3. The Bertz CT molecular complexity index is 681. The highest BCUT2D eigenvalue weighted by atomic mass is 35.5. The summed E-state index contributed by atoms with van der Waals surface area (Å²) in [6.07, 6.45) is 2.91. The number of carbonyl (C=O) groups is 1. The second-order valence-electron chi connectivity index (χ2n) is 4.56. The van der Waals surface area contributed by atoms with Gasteiger partial charge in [-0.25, -0.2) is 0 Å². The number of methoxy groups -OCH3 is 1. The topological polar surface area (TPSA) is 61.5 Å². The summed E-state index contributed by atoms with van der Waals surface area (Å²) >= 11 is 5.85. The Morgan fingerprint density at radius 3 is 2.55 bits per heavy atom. The van der Waals surface area contributed by atoms with E-state index in [-0.39, 0.29) is 0 Å². The van der Waals surface area contributed by atoms with Crippen LogP contribution in [0.2, 0.25) is 5.02 Å². The van der Waals surface area contributed by atoms with Crippen LogP contribution in [0.15, 0.2) is 48.5 Å². The van der Waals surface area contributed by atoms with Gasteiger partial charge in [0.2, 0.25) is 5.91 Å². The quantitative estimate of drug-likeness (QED) is 0.830. The van der Waals surface area contributed by atoms with E-state index in [1.54, 1.807) is 25.3 Å². The molecule has 5 heteroatoms. The smallest absolute Gasteiger partial charge is 0.241 e. The van der Waals surface area contributed by atoms with E-state index in [1.165, 1.54) is 6.08 Å². The van der Waals surface area contributed by atoms with Gasteiger partial charge in [0, 0.05) is 11.1 Å². The van der Waals surface area contributed by atoms with E-state index in [4.69, 9.17) is 26.8 Å². The Kier molecular flexibility index (Phi) is 5.44. The van der Waals surface area contributed by atoms with Crippen molar-refractivity contribution in [2.75, 3.05) is 7.11 Å². The average Bonchev–Trinajstić information content (AvgIpc) is 2.52. The van der Waals surface area contributed by atoms with E-state index in [0.717, 1.165) is 11.1 Å². The number of carbonyl (C=O) groups excluding carboxylic acids is 1. The maximum atomic E-state index is 10.7. The summed E-state index contributed by atoms with van der Waals surface area (Å²) in [5.41, 5.74) is 6.88. The van der Waals surface area contributed by atoms with Gasteiger partial charge in [0.15, 0.2) is 11.5 Å². The number of amides is 1. The van der Waals surface area contributed by atoms with Gasteiger partial charge in [-0.2, -0.15) is 0 Å². The molecule has 0 spiro atoms. The maximum Gasteiger partial charge on any atom is 0.241 e. The summed E-state index contributed by atoms with van der Waals surface area (Å²) in [5, 5.41) is 0.687. The highest BCUT2D eigenvalue weighted by Crippen LogP contribution is 2.29. The molecular weight excluding hydrogens is 302 g/mol. The third-order valence-electron chi connectivity index (χ3n) is 2.94. The lowest BCUT2D eigenvalue weighted by Gasteiger charge is -2.11. The van der Waals surface area contributed by atoms with Gasteiger partial charge in [0.1, 0.15) is 6.61 Å². The first-order valence-electron chi connectivity index (χ1n) is 6.61. The largest absolute Gasteiger partial charge is 0.493 e. The van der Waals surface area contributed by atoms with E-state index in [2.05, 4.69) is 0 Å². The normalized spacial score (nSPS) is 10.6. The lowest BCUT2D eigenvalue weighted by molar-refractivity contribution is -0.113. The zero-order valence-corrected chi connectivity index (χ0v) is 12.8. The fraction of sp³-hybridized carbons (Fsp3) is 0.118. The summed E-state index contributed by atoms with van der Waals surface area (Å²) in [4.78, 5) is 10.7. The molecule has 0 fully saturated rings. The SMILES string of the molecule is COc1cc(/C=C/C(N)=O)ccc1OCc1ccc(Cl)cc1. The van der Waals surface area contributed by atoms with Gasteiger partial charge in [-0.3, -0.25) is 4.79 Å². The third-order valence-corrected chi connectivity index (χ3v) is 3.19. The minimum absolute atomic E-state index is 0.407. The first kappa shape index (κ1) is 15.9. The number of primary amides is 1. The molecule has 22 heavy (non-hydrogen) atoms. The van der Waals surface area contributed by atoms with Crippen LogP contribution in [-0.4, -0.2) is 13.0 Å². The molecule has 114 valence electrons. The highest BCUT2D eigenvalue weighted by molar-refractivity contribution is 6.30. The number of ether oxygens (including phenoxy) is 2. The number of halogens is 1. The third kappa shape index (κ3) is 4.53. The van der Waals surface area contributed by atoms with Gasteiger partial charge in [-0.05, 0) is 41.5 Å². The molecule has 0 aromatic heterocycles. The van der Waals surface area contributed by atoms with Crippen LogP contribution in [0.1, 0.15) is 11.1 Å². The van der Waals surface area contributed by atoms with Crippen LogP contribution in [0.3, 0.4) is 0 Å². The van der Waals surface area contributed by atoms with Crippen LogP contribution in [0.25, 0.3) is 6.08 Å². The van der Waals surface area contributed by atoms with Crippen LogP contribution in [0.5, 0.6) is 11.5 Å². The zero-order chi connectivity index (χ0) is 15.9. The van der Waals surface area contributed by atoms with Crippen molar-refractivity contribution in [2.45, 2.75) is 6.61 Å². The van der Waals surface area contributed by atoms with Gasteiger partial charge in [0.05, 0.1) is 7.11 Å². The molecule has 4 nitrogen and oxygen atoms in total. The Hall–Kier alpha value is -2.46. The molecule has 1 amide bonds. The predicted molar refractivity (Wildman–Crippen MR) is 87.0 cm³/mol. The Balaban J connectivity index is 2.10. The Morgan fingerprint density at radius 1 is 1.18 bits per heavy atom. The predicted octanol–water partition coefficient (Wildman–Crippen LogP) is 3.43. The number of nitrogens with two attached hydrogens (primary N) is 1. The van der Waals surface area contributed by atoms with E-state index < -0.39 is 5.91 Å². The van der Waals surface area contributed by atoms with Crippen LogP contribution in [-0.2, 0) is 11.4 Å². The molecule has 0 bridgehead atoms. The molecule has 0 heterocycles. The van der Waals surface area contributed by atoms with Crippen molar-refractivity contribution in [1.82, 2.24) is 0 Å². The number of hydrogen-bond acceptors (Lipinski definition) is 3. The minimum Gasteiger partial charge on any atom is -0.493 e. The van der Waals surface area contributed by atoms with Crippen LogP contribution < -0.4 is 15.2 Å². The van der Waals surface area contributed by atoms with E-state index in [1.807, 2.05) is 30.3 Å². The molecule has 0 unspecified atom stereocenters. The first-order valence-corrected chi connectivity index (χ1v) is 6.99. The van der Waals surface area contributed by atoms with Crippen molar-refractivity contribution in [3.63, 3.8) is 0 Å². The van der Waals surface area contributed by atoms with Crippen molar-refractivity contribution in [3.8, 4) is 11.5 Å². The number of benzene rings is 2. The summed E-state index contributed by atoms with van der Waals surface area (Å²) in [6.45, 7) is 0.407. The summed E-state index contributed by atoms with van der Waals surface area (Å²) in [6, 6.07) is 12.8. The molecule has 2 rings (SSSR count). The van der Waals surface area contributed by atoms with Crippen LogP contribution in [0.4, 0.5) is 0 Å². The molecule has 0 aliphatic heterocycles. The van der Waals surface area contributed by atoms with E-state index in [9.17, 15) is 4.79 Å². The zero-order valence-electron chi connectivity index (χ0n) is 12.1. The Morgan fingerprint density at radius 2 is 1.91 bits per heavy atom. The summed E-state index contributed by atoms with van der Waals surface area (Å²) in [5.74, 6) is 0.705. The molecule has 0 saturated carbocycles. The minimum atomic E-state index is -0.498. The monoisotopic (exact) mass is 317 g/mol. The van der Waals surface area contributed by atoms with Crippen molar-refractivity contribution in [1.29, 1.82) is 0 Å².